The first-order valence-electron chi connectivity index (χ1n) is 8.93. The number of nitrogens with zero attached hydrogens (tertiary/aromatic N) is 4. The molecule has 0 bridgehead atoms. The van der Waals surface area contributed by atoms with E-state index in [1.807, 2.05) is 28.8 Å². The van der Waals surface area contributed by atoms with Gasteiger partial charge in [0.25, 0.3) is 5.91 Å². The van der Waals surface area contributed by atoms with E-state index in [4.69, 9.17) is 0 Å². The molecule has 0 radical (unpaired) electrons. The van der Waals surface area contributed by atoms with Crippen molar-refractivity contribution in [2.24, 2.45) is 0 Å². The molecule has 26 heavy (non-hydrogen) atoms. The minimum Gasteiger partial charge on any atom is -0.341 e. The number of rotatable bonds is 6. The van der Waals surface area contributed by atoms with Crippen LogP contribution in [0.25, 0.3) is 5.65 Å². The third-order valence-electron chi connectivity index (χ3n) is 4.84. The number of carbonyl (C=O) groups is 1. The molecule has 0 aliphatic heterocycles. The highest BCUT2D eigenvalue weighted by Crippen LogP contribution is 2.24. The normalized spacial score (nSPS) is 15.0. The predicted molar refractivity (Wildman–Crippen MR) is 101 cm³/mol. The van der Waals surface area contributed by atoms with Crippen molar-refractivity contribution in [3.8, 4) is 0 Å². The first-order valence-corrected chi connectivity index (χ1v) is 10.3. The van der Waals surface area contributed by atoms with E-state index in [-0.39, 0.29) is 11.9 Å². The van der Waals surface area contributed by atoms with Crippen molar-refractivity contribution in [3.63, 3.8) is 0 Å². The van der Waals surface area contributed by atoms with E-state index in [1.54, 1.807) is 11.8 Å². The first kappa shape index (κ1) is 17.1. The van der Waals surface area contributed by atoms with Gasteiger partial charge in [0.1, 0.15) is 0 Å². The Bertz CT molecular complexity index is 917. The Morgan fingerprint density at radius 1 is 1.35 bits per heavy atom. The Labute approximate surface area is 156 Å². The van der Waals surface area contributed by atoms with Crippen molar-refractivity contribution in [3.05, 3.63) is 47.2 Å². The molecule has 7 nitrogen and oxygen atoms in total. The monoisotopic (exact) mass is 370 g/mol. The van der Waals surface area contributed by atoms with Crippen molar-refractivity contribution in [1.82, 2.24) is 30.1 Å². The molecular weight excluding hydrogens is 348 g/mol. The van der Waals surface area contributed by atoms with Crippen molar-refractivity contribution in [1.29, 1.82) is 0 Å². The van der Waals surface area contributed by atoms with Crippen molar-refractivity contribution >= 4 is 23.3 Å². The summed E-state index contributed by atoms with van der Waals surface area (Å²) < 4.78 is 1.94. The van der Waals surface area contributed by atoms with Gasteiger partial charge in [-0.05, 0) is 56.2 Å². The van der Waals surface area contributed by atoms with E-state index in [1.165, 1.54) is 0 Å². The van der Waals surface area contributed by atoms with Gasteiger partial charge in [0, 0.05) is 17.5 Å². The van der Waals surface area contributed by atoms with Crippen LogP contribution in [0.15, 0.2) is 24.4 Å². The zero-order valence-corrected chi connectivity index (χ0v) is 15.6. The third kappa shape index (κ3) is 3.21. The molecular formula is C18H22N6OS. The first-order chi connectivity index (χ1) is 12.8. The molecule has 1 aliphatic rings. The lowest BCUT2D eigenvalue weighted by Gasteiger charge is -2.17. The SMILES string of the molecule is CSCCC(NC(=O)c1n[nH]c2c1CCCC2)c1nnc2ccccn12. The van der Waals surface area contributed by atoms with E-state index in [0.29, 0.717) is 5.69 Å². The van der Waals surface area contributed by atoms with Crippen LogP contribution in [0.2, 0.25) is 0 Å². The molecule has 2 N–H and O–H groups in total. The minimum absolute atomic E-state index is 0.136. The van der Waals surface area contributed by atoms with E-state index in [0.717, 1.165) is 60.6 Å². The average molecular weight is 370 g/mol. The quantitative estimate of drug-likeness (QED) is 0.696. The number of hydrogen-bond acceptors (Lipinski definition) is 5. The maximum atomic E-state index is 12.9. The average Bonchev–Trinajstić information content (AvgIpc) is 3.29. The van der Waals surface area contributed by atoms with Crippen LogP contribution < -0.4 is 5.32 Å². The number of pyridine rings is 1. The Morgan fingerprint density at radius 2 is 2.23 bits per heavy atom. The van der Waals surface area contributed by atoms with Crippen molar-refractivity contribution in [2.45, 2.75) is 38.1 Å². The molecule has 1 aliphatic carbocycles. The fourth-order valence-corrected chi connectivity index (χ4v) is 3.97. The maximum Gasteiger partial charge on any atom is 0.272 e. The molecule has 3 aromatic heterocycles. The Kier molecular flexibility index (Phi) is 4.92. The summed E-state index contributed by atoms with van der Waals surface area (Å²) in [5.74, 6) is 1.54. The van der Waals surface area contributed by atoms with Crippen molar-refractivity contribution < 1.29 is 4.79 Å². The van der Waals surface area contributed by atoms with Crippen LogP contribution in [0.1, 0.15) is 52.9 Å². The molecule has 3 heterocycles. The lowest BCUT2D eigenvalue weighted by atomic mass is 9.95. The molecule has 4 rings (SSSR count). The number of hydrogen-bond donors (Lipinski definition) is 2. The minimum atomic E-state index is -0.205. The summed E-state index contributed by atoms with van der Waals surface area (Å²) in [6.45, 7) is 0. The molecule has 0 saturated carbocycles. The van der Waals surface area contributed by atoms with Gasteiger partial charge >= 0.3 is 0 Å². The molecule has 136 valence electrons. The Hall–Kier alpha value is -2.35. The number of carbonyl (C=O) groups excluding carboxylic acids is 1. The van der Waals surface area contributed by atoms with Crippen LogP contribution in [0.3, 0.4) is 0 Å². The number of aromatic nitrogens is 5. The molecule has 1 atom stereocenters. The van der Waals surface area contributed by atoms with Gasteiger partial charge in [-0.25, -0.2) is 0 Å². The molecule has 1 unspecified atom stereocenters. The number of nitrogens with one attached hydrogen (secondary N) is 2. The van der Waals surface area contributed by atoms with Gasteiger partial charge in [0.05, 0.1) is 6.04 Å². The highest BCUT2D eigenvalue weighted by Gasteiger charge is 2.26. The topological polar surface area (TPSA) is 88.0 Å². The van der Waals surface area contributed by atoms with Crippen LogP contribution >= 0.6 is 11.8 Å². The van der Waals surface area contributed by atoms with E-state index >= 15 is 0 Å². The summed E-state index contributed by atoms with van der Waals surface area (Å²) >= 11 is 1.75. The Balaban J connectivity index is 1.61. The summed E-state index contributed by atoms with van der Waals surface area (Å²) in [5.41, 5.74) is 3.49. The number of thioether (sulfide) groups is 1. The van der Waals surface area contributed by atoms with Gasteiger partial charge in [0.15, 0.2) is 17.2 Å². The smallest absolute Gasteiger partial charge is 0.272 e. The van der Waals surface area contributed by atoms with Crippen LogP contribution in [-0.4, -0.2) is 42.7 Å². The van der Waals surface area contributed by atoms with E-state index in [9.17, 15) is 4.79 Å². The zero-order chi connectivity index (χ0) is 17.9. The fourth-order valence-electron chi connectivity index (χ4n) is 3.49. The van der Waals surface area contributed by atoms with Gasteiger partial charge in [-0.2, -0.15) is 16.9 Å². The van der Waals surface area contributed by atoms with Crippen LogP contribution in [0.4, 0.5) is 0 Å². The summed E-state index contributed by atoms with van der Waals surface area (Å²) in [6.07, 6.45) is 8.92. The van der Waals surface area contributed by atoms with Gasteiger partial charge in [-0.15, -0.1) is 10.2 Å². The summed E-state index contributed by atoms with van der Waals surface area (Å²) in [4.78, 5) is 12.9. The van der Waals surface area contributed by atoms with Crippen LogP contribution in [0, 0.1) is 0 Å². The largest absolute Gasteiger partial charge is 0.341 e. The van der Waals surface area contributed by atoms with Gasteiger partial charge in [-0.3, -0.25) is 14.3 Å². The van der Waals surface area contributed by atoms with Crippen LogP contribution in [-0.2, 0) is 12.8 Å². The van der Waals surface area contributed by atoms with E-state index in [2.05, 4.69) is 32.0 Å². The van der Waals surface area contributed by atoms with Crippen molar-refractivity contribution in [2.75, 3.05) is 12.0 Å². The van der Waals surface area contributed by atoms with Gasteiger partial charge < -0.3 is 5.32 Å². The molecule has 0 aromatic carbocycles. The standard InChI is InChI=1S/C18H22N6OS/c1-26-11-9-14(17-23-21-15-8-4-5-10-24(15)17)19-18(25)16-12-6-2-3-7-13(12)20-22-16/h4-5,8,10,14H,2-3,6-7,9,11H2,1H3,(H,19,25)(H,20,22). The third-order valence-corrected chi connectivity index (χ3v) is 5.48. The molecule has 8 heteroatoms. The number of fused-ring (bicyclic) bond motifs is 2. The second kappa shape index (κ2) is 7.49. The molecule has 0 fully saturated rings. The zero-order valence-electron chi connectivity index (χ0n) is 14.7. The predicted octanol–water partition coefficient (Wildman–Crippen LogP) is 2.56. The van der Waals surface area contributed by atoms with Gasteiger partial charge in [0.2, 0.25) is 0 Å². The summed E-state index contributed by atoms with van der Waals surface area (Å²) in [7, 11) is 0. The second-order valence-electron chi connectivity index (χ2n) is 6.53. The lowest BCUT2D eigenvalue weighted by Crippen LogP contribution is -2.31. The lowest BCUT2D eigenvalue weighted by molar-refractivity contribution is 0.0927. The number of aryl methyl sites for hydroxylation is 1. The number of aromatic amines is 1. The molecule has 0 saturated heterocycles. The van der Waals surface area contributed by atoms with Crippen LogP contribution in [0.5, 0.6) is 0 Å². The Morgan fingerprint density at radius 3 is 3.12 bits per heavy atom. The second-order valence-corrected chi connectivity index (χ2v) is 7.52. The molecule has 1 amide bonds. The highest BCUT2D eigenvalue weighted by molar-refractivity contribution is 7.98. The van der Waals surface area contributed by atoms with Gasteiger partial charge in [-0.1, -0.05) is 6.07 Å². The molecule has 3 aromatic rings. The number of H-pyrrole nitrogens is 1. The number of amides is 1. The summed E-state index contributed by atoms with van der Waals surface area (Å²) in [6, 6.07) is 5.58. The summed E-state index contributed by atoms with van der Waals surface area (Å²) in [5, 5.41) is 19.0. The molecule has 0 spiro atoms. The highest BCUT2D eigenvalue weighted by atomic mass is 32.2. The maximum absolute atomic E-state index is 12.9. The fraction of sp³-hybridized carbons (Fsp3) is 0.444. The van der Waals surface area contributed by atoms with E-state index < -0.39 is 0 Å².